The van der Waals surface area contributed by atoms with Gasteiger partial charge in [0.1, 0.15) is 6.67 Å². The molecule has 0 saturated heterocycles. The monoisotopic (exact) mass is 157 g/mol. The van der Waals surface area contributed by atoms with Crippen LogP contribution in [0.5, 0.6) is 0 Å². The molecule has 0 unspecified atom stereocenters. The van der Waals surface area contributed by atoms with E-state index >= 15 is 0 Å². The lowest BCUT2D eigenvalue weighted by molar-refractivity contribution is 0.353. The van der Waals surface area contributed by atoms with E-state index in [1.807, 2.05) is 0 Å². The predicted octanol–water partition coefficient (Wildman–Crippen LogP) is -0.309. The zero-order chi connectivity index (χ0) is 7.49. The second-order valence-electron chi connectivity index (χ2n) is 1.49. The molecule has 0 aromatic carbocycles. The van der Waals surface area contributed by atoms with Crippen molar-refractivity contribution < 1.29 is 17.4 Å². The van der Waals surface area contributed by atoms with E-state index in [1.165, 1.54) is 0 Å². The van der Waals surface area contributed by atoms with Gasteiger partial charge in [-0.15, -0.1) is 0 Å². The summed E-state index contributed by atoms with van der Waals surface area (Å²) >= 11 is 0. The van der Waals surface area contributed by atoms with Crippen LogP contribution in [0.2, 0.25) is 0 Å². The average Bonchev–Trinajstić information content (AvgIpc) is 1.64. The standard InChI is InChI=1S/C3H8FNO3S/c1-5(3-2-4)9(6,7)8/h2-3H2,1H3,(H,6,7,8). The molecule has 0 aromatic rings. The summed E-state index contributed by atoms with van der Waals surface area (Å²) in [6.45, 7) is -1.10. The van der Waals surface area contributed by atoms with Crippen LogP contribution in [0.1, 0.15) is 0 Å². The van der Waals surface area contributed by atoms with E-state index in [2.05, 4.69) is 0 Å². The van der Waals surface area contributed by atoms with Crippen LogP contribution in [0.3, 0.4) is 0 Å². The van der Waals surface area contributed by atoms with Crippen molar-refractivity contribution in [1.82, 2.24) is 4.31 Å². The Hall–Kier alpha value is -0.200. The number of alkyl halides is 1. The summed E-state index contributed by atoms with van der Waals surface area (Å²) in [5, 5.41) is 0. The third kappa shape index (κ3) is 3.39. The van der Waals surface area contributed by atoms with Crippen LogP contribution in [-0.2, 0) is 10.3 Å². The molecular weight excluding hydrogens is 149 g/mol. The number of rotatable bonds is 3. The molecule has 0 saturated carbocycles. The number of hydrogen-bond acceptors (Lipinski definition) is 2. The minimum absolute atomic E-state index is 0.307. The van der Waals surface area contributed by atoms with Crippen LogP contribution in [0.15, 0.2) is 0 Å². The van der Waals surface area contributed by atoms with Crippen LogP contribution in [0.4, 0.5) is 4.39 Å². The van der Waals surface area contributed by atoms with Gasteiger partial charge in [0, 0.05) is 13.6 Å². The molecule has 0 fully saturated rings. The smallest absolute Gasteiger partial charge is 0.273 e. The zero-order valence-electron chi connectivity index (χ0n) is 4.91. The maximum absolute atomic E-state index is 11.4. The summed E-state index contributed by atoms with van der Waals surface area (Å²) in [6, 6.07) is 0. The molecule has 56 valence electrons. The molecule has 0 amide bonds. The van der Waals surface area contributed by atoms with Crippen LogP contribution >= 0.6 is 0 Å². The fraction of sp³-hybridized carbons (Fsp3) is 1.00. The van der Waals surface area contributed by atoms with E-state index in [1.54, 1.807) is 0 Å². The molecule has 0 aliphatic carbocycles. The minimum Gasteiger partial charge on any atom is -0.273 e. The van der Waals surface area contributed by atoms with E-state index in [4.69, 9.17) is 4.55 Å². The molecule has 1 N–H and O–H groups in total. The van der Waals surface area contributed by atoms with Gasteiger partial charge in [-0.05, 0) is 0 Å². The van der Waals surface area contributed by atoms with Crippen LogP contribution in [-0.4, -0.2) is 37.5 Å². The number of nitrogens with zero attached hydrogens (tertiary/aromatic N) is 1. The first kappa shape index (κ1) is 8.80. The highest BCUT2D eigenvalue weighted by Gasteiger charge is 2.11. The van der Waals surface area contributed by atoms with Crippen molar-refractivity contribution >= 4 is 10.3 Å². The van der Waals surface area contributed by atoms with Gasteiger partial charge in [-0.2, -0.15) is 12.7 Å². The Bertz CT molecular complexity index is 166. The fourth-order valence-electron chi connectivity index (χ4n) is 0.234. The Morgan fingerprint density at radius 1 is 1.67 bits per heavy atom. The summed E-state index contributed by atoms with van der Waals surface area (Å²) in [5.74, 6) is 0. The SMILES string of the molecule is CN(CCF)S(=O)(=O)O. The van der Waals surface area contributed by atoms with Crippen molar-refractivity contribution in [2.75, 3.05) is 20.3 Å². The first-order chi connectivity index (χ1) is 3.98. The van der Waals surface area contributed by atoms with Gasteiger partial charge in [0.05, 0.1) is 0 Å². The molecule has 0 spiro atoms. The summed E-state index contributed by atoms with van der Waals surface area (Å²) in [7, 11) is -3.08. The van der Waals surface area contributed by atoms with Gasteiger partial charge in [0.25, 0.3) is 0 Å². The lowest BCUT2D eigenvalue weighted by Gasteiger charge is -2.07. The summed E-state index contributed by atoms with van der Waals surface area (Å²) in [4.78, 5) is 0. The van der Waals surface area contributed by atoms with Gasteiger partial charge >= 0.3 is 10.3 Å². The van der Waals surface area contributed by atoms with Gasteiger partial charge < -0.3 is 0 Å². The molecule has 6 heteroatoms. The molecule has 0 heterocycles. The molecule has 0 radical (unpaired) electrons. The van der Waals surface area contributed by atoms with Crippen molar-refractivity contribution in [3.63, 3.8) is 0 Å². The molecule has 0 aliphatic rings. The van der Waals surface area contributed by atoms with Gasteiger partial charge in [-0.1, -0.05) is 0 Å². The van der Waals surface area contributed by atoms with Gasteiger partial charge in [0.15, 0.2) is 0 Å². The van der Waals surface area contributed by atoms with Crippen LogP contribution < -0.4 is 0 Å². The second kappa shape index (κ2) is 3.09. The van der Waals surface area contributed by atoms with Crippen molar-refractivity contribution in [1.29, 1.82) is 0 Å². The molecular formula is C3H8FNO3S. The topological polar surface area (TPSA) is 57.6 Å². The van der Waals surface area contributed by atoms with Gasteiger partial charge in [-0.3, -0.25) is 4.55 Å². The Labute approximate surface area is 53.2 Å². The second-order valence-corrected chi connectivity index (χ2v) is 3.01. The first-order valence-electron chi connectivity index (χ1n) is 2.23. The quantitative estimate of drug-likeness (QED) is 0.572. The summed E-state index contributed by atoms with van der Waals surface area (Å²) in [6.07, 6.45) is 0. The lowest BCUT2D eigenvalue weighted by Crippen LogP contribution is -2.27. The highest BCUT2D eigenvalue weighted by Crippen LogP contribution is 1.90. The van der Waals surface area contributed by atoms with Crippen molar-refractivity contribution in [3.8, 4) is 0 Å². The molecule has 0 atom stereocenters. The van der Waals surface area contributed by atoms with E-state index in [-0.39, 0.29) is 6.54 Å². The van der Waals surface area contributed by atoms with Crippen LogP contribution in [0, 0.1) is 0 Å². The van der Waals surface area contributed by atoms with E-state index in [0.29, 0.717) is 4.31 Å². The number of hydrogen-bond donors (Lipinski definition) is 1. The lowest BCUT2D eigenvalue weighted by atomic mass is 10.7. The zero-order valence-corrected chi connectivity index (χ0v) is 5.73. The third-order valence-corrected chi connectivity index (χ3v) is 1.76. The normalized spacial score (nSPS) is 12.4. The maximum atomic E-state index is 11.4. The highest BCUT2D eigenvalue weighted by atomic mass is 32.2. The predicted molar refractivity (Wildman–Crippen MR) is 30.2 cm³/mol. The average molecular weight is 157 g/mol. The molecule has 0 rings (SSSR count). The molecule has 0 aliphatic heterocycles. The van der Waals surface area contributed by atoms with E-state index in [9.17, 15) is 12.8 Å². The van der Waals surface area contributed by atoms with Crippen molar-refractivity contribution in [2.45, 2.75) is 0 Å². The Kier molecular flexibility index (Phi) is 3.02. The van der Waals surface area contributed by atoms with Gasteiger partial charge in [0.2, 0.25) is 0 Å². The minimum atomic E-state index is -4.17. The fourth-order valence-corrected chi connectivity index (χ4v) is 0.534. The Morgan fingerprint density at radius 3 is 2.22 bits per heavy atom. The van der Waals surface area contributed by atoms with Crippen LogP contribution in [0.25, 0.3) is 0 Å². The Balaban J connectivity index is 3.90. The first-order valence-corrected chi connectivity index (χ1v) is 3.63. The van der Waals surface area contributed by atoms with E-state index < -0.39 is 17.0 Å². The summed E-state index contributed by atoms with van der Waals surface area (Å²) < 4.78 is 40.1. The molecule has 0 aromatic heterocycles. The maximum Gasteiger partial charge on any atom is 0.335 e. The Morgan fingerprint density at radius 2 is 2.11 bits per heavy atom. The van der Waals surface area contributed by atoms with E-state index in [0.717, 1.165) is 7.05 Å². The molecule has 0 bridgehead atoms. The van der Waals surface area contributed by atoms with Crippen molar-refractivity contribution in [2.24, 2.45) is 0 Å². The van der Waals surface area contributed by atoms with Gasteiger partial charge in [-0.25, -0.2) is 4.39 Å². The highest BCUT2D eigenvalue weighted by molar-refractivity contribution is 7.83. The molecule has 9 heavy (non-hydrogen) atoms. The van der Waals surface area contributed by atoms with Crippen molar-refractivity contribution in [3.05, 3.63) is 0 Å². The molecule has 4 nitrogen and oxygen atoms in total. The third-order valence-electron chi connectivity index (χ3n) is 0.793. The summed E-state index contributed by atoms with van der Waals surface area (Å²) in [5.41, 5.74) is 0. The largest absolute Gasteiger partial charge is 0.335 e. The number of halogens is 1.